The summed E-state index contributed by atoms with van der Waals surface area (Å²) in [5, 5.41) is 0.647. The van der Waals surface area contributed by atoms with Gasteiger partial charge >= 0.3 is 11.9 Å². The van der Waals surface area contributed by atoms with E-state index in [1.165, 1.54) is 44.6 Å². The summed E-state index contributed by atoms with van der Waals surface area (Å²) in [6, 6.07) is 9.30. The fourth-order valence-electron chi connectivity index (χ4n) is 4.14. The Morgan fingerprint density at radius 1 is 1.14 bits per heavy atom. The Balaban J connectivity index is 2.00. The standard InChI is InChI=1S/C22H22ClNO4S/c1-13(25)28-24-17-12-18(22(26)27-2)29-21(17)19(14-6-4-3-5-7-14)20(24)15-8-10-16(23)11-9-15/h8-12,14H,3-7H2,1-2H3. The van der Waals surface area contributed by atoms with E-state index < -0.39 is 5.97 Å². The van der Waals surface area contributed by atoms with Crippen LogP contribution in [0, 0.1) is 0 Å². The number of hydrogen-bond acceptors (Lipinski definition) is 5. The van der Waals surface area contributed by atoms with Crippen molar-refractivity contribution in [1.29, 1.82) is 0 Å². The number of aromatic nitrogens is 1. The molecule has 0 saturated heterocycles. The minimum atomic E-state index is -0.418. The van der Waals surface area contributed by atoms with Crippen molar-refractivity contribution in [2.45, 2.75) is 44.9 Å². The summed E-state index contributed by atoms with van der Waals surface area (Å²) in [6.07, 6.45) is 5.72. The minimum Gasteiger partial charge on any atom is -0.465 e. The second kappa shape index (κ2) is 8.20. The maximum Gasteiger partial charge on any atom is 0.348 e. The molecular weight excluding hydrogens is 410 g/mol. The SMILES string of the molecule is COC(=O)c1cc2c(s1)c(C1CCCCC1)c(-c1ccc(Cl)cc1)n2OC(C)=O. The summed E-state index contributed by atoms with van der Waals surface area (Å²) in [5.41, 5.74) is 3.65. The minimum absolute atomic E-state index is 0.345. The molecule has 5 nitrogen and oxygen atoms in total. The molecular formula is C22H22ClNO4S. The monoisotopic (exact) mass is 431 g/mol. The molecule has 29 heavy (non-hydrogen) atoms. The Morgan fingerprint density at radius 2 is 1.83 bits per heavy atom. The third-order valence-electron chi connectivity index (χ3n) is 5.37. The van der Waals surface area contributed by atoms with E-state index in [4.69, 9.17) is 21.2 Å². The molecule has 1 aliphatic carbocycles. The highest BCUT2D eigenvalue weighted by Gasteiger charge is 2.30. The predicted octanol–water partition coefficient (Wildman–Crippen LogP) is 5.83. The van der Waals surface area contributed by atoms with Gasteiger partial charge in [-0.25, -0.2) is 9.59 Å². The highest BCUT2D eigenvalue weighted by atomic mass is 35.5. The van der Waals surface area contributed by atoms with Crippen LogP contribution >= 0.6 is 22.9 Å². The van der Waals surface area contributed by atoms with Crippen molar-refractivity contribution in [3.05, 3.63) is 45.8 Å². The molecule has 0 amide bonds. The first-order valence-corrected chi connectivity index (χ1v) is 10.9. The highest BCUT2D eigenvalue weighted by Crippen LogP contribution is 2.46. The van der Waals surface area contributed by atoms with Crippen LogP contribution in [0.4, 0.5) is 0 Å². The van der Waals surface area contributed by atoms with Crippen LogP contribution in [-0.2, 0) is 9.53 Å². The average molecular weight is 432 g/mol. The number of methoxy groups -OCH3 is 1. The Hall–Kier alpha value is -2.31. The maximum absolute atomic E-state index is 12.2. The predicted molar refractivity (Wildman–Crippen MR) is 115 cm³/mol. The molecule has 1 aliphatic rings. The number of ether oxygens (including phenoxy) is 1. The van der Waals surface area contributed by atoms with Crippen molar-refractivity contribution in [3.63, 3.8) is 0 Å². The number of halogens is 1. The van der Waals surface area contributed by atoms with Gasteiger partial charge in [0.25, 0.3) is 0 Å². The topological polar surface area (TPSA) is 57.5 Å². The first kappa shape index (κ1) is 20.0. The van der Waals surface area contributed by atoms with Crippen molar-refractivity contribution in [2.24, 2.45) is 0 Å². The lowest BCUT2D eigenvalue weighted by molar-refractivity contribution is -0.140. The smallest absolute Gasteiger partial charge is 0.348 e. The van der Waals surface area contributed by atoms with E-state index in [-0.39, 0.29) is 5.97 Å². The molecule has 2 aromatic heterocycles. The molecule has 0 unspecified atom stereocenters. The largest absolute Gasteiger partial charge is 0.465 e. The lowest BCUT2D eigenvalue weighted by atomic mass is 9.83. The molecule has 0 spiro atoms. The summed E-state index contributed by atoms with van der Waals surface area (Å²) < 4.78 is 7.46. The van der Waals surface area contributed by atoms with Crippen molar-refractivity contribution in [3.8, 4) is 11.3 Å². The fraction of sp³-hybridized carbons (Fsp3) is 0.364. The summed E-state index contributed by atoms with van der Waals surface area (Å²) in [5.74, 6) is -0.459. The fourth-order valence-corrected chi connectivity index (χ4v) is 5.44. The van der Waals surface area contributed by atoms with Crippen LogP contribution in [0.25, 0.3) is 21.5 Å². The first-order valence-electron chi connectivity index (χ1n) is 9.71. The van der Waals surface area contributed by atoms with Gasteiger partial charge in [-0.3, -0.25) is 0 Å². The molecule has 1 aromatic carbocycles. The zero-order valence-corrected chi connectivity index (χ0v) is 17.9. The van der Waals surface area contributed by atoms with E-state index in [9.17, 15) is 9.59 Å². The van der Waals surface area contributed by atoms with Crippen molar-refractivity contribution < 1.29 is 19.2 Å². The summed E-state index contributed by atoms with van der Waals surface area (Å²) in [6.45, 7) is 1.38. The second-order valence-corrected chi connectivity index (χ2v) is 8.79. The molecule has 0 aliphatic heterocycles. The number of thiophene rings is 1. The molecule has 0 radical (unpaired) electrons. The van der Waals surface area contributed by atoms with Crippen LogP contribution in [0.5, 0.6) is 0 Å². The van der Waals surface area contributed by atoms with E-state index in [1.54, 1.807) is 10.8 Å². The van der Waals surface area contributed by atoms with E-state index in [0.717, 1.165) is 39.9 Å². The Labute approximate surface area is 178 Å². The number of esters is 1. The van der Waals surface area contributed by atoms with Crippen LogP contribution in [0.1, 0.15) is 60.2 Å². The van der Waals surface area contributed by atoms with Crippen molar-refractivity contribution in [2.75, 3.05) is 7.11 Å². The molecule has 7 heteroatoms. The number of hydrogen-bond donors (Lipinski definition) is 0. The van der Waals surface area contributed by atoms with Crippen molar-refractivity contribution in [1.82, 2.24) is 4.73 Å². The molecule has 152 valence electrons. The van der Waals surface area contributed by atoms with Gasteiger partial charge in [0.1, 0.15) is 10.4 Å². The van der Waals surface area contributed by atoms with Gasteiger partial charge in [0, 0.05) is 23.1 Å². The molecule has 4 rings (SSSR count). The molecule has 1 fully saturated rings. The first-order chi connectivity index (χ1) is 14.0. The van der Waals surface area contributed by atoms with Gasteiger partial charge in [0.2, 0.25) is 0 Å². The van der Waals surface area contributed by atoms with E-state index in [1.807, 2.05) is 24.3 Å². The maximum atomic E-state index is 12.2. The Kier molecular flexibility index (Phi) is 5.65. The van der Waals surface area contributed by atoms with Gasteiger partial charge in [0.05, 0.1) is 17.5 Å². The summed E-state index contributed by atoms with van der Waals surface area (Å²) >= 11 is 7.50. The van der Waals surface area contributed by atoms with Gasteiger partial charge in [-0.15, -0.1) is 11.3 Å². The van der Waals surface area contributed by atoms with Crippen LogP contribution in [0.15, 0.2) is 30.3 Å². The highest BCUT2D eigenvalue weighted by molar-refractivity contribution is 7.21. The van der Waals surface area contributed by atoms with Crippen LogP contribution in [0.3, 0.4) is 0 Å². The Morgan fingerprint density at radius 3 is 2.45 bits per heavy atom. The third kappa shape index (κ3) is 3.79. The van der Waals surface area contributed by atoms with Crippen LogP contribution in [-0.4, -0.2) is 23.8 Å². The zero-order valence-electron chi connectivity index (χ0n) is 16.4. The van der Waals surface area contributed by atoms with Gasteiger partial charge in [-0.1, -0.05) is 43.0 Å². The van der Waals surface area contributed by atoms with E-state index in [2.05, 4.69) is 0 Å². The van der Waals surface area contributed by atoms with Gasteiger partial charge in [0.15, 0.2) is 0 Å². The molecule has 2 heterocycles. The molecule has 0 atom stereocenters. The summed E-state index contributed by atoms with van der Waals surface area (Å²) in [4.78, 5) is 30.2. The second-order valence-electron chi connectivity index (χ2n) is 7.30. The van der Waals surface area contributed by atoms with Gasteiger partial charge in [-0.05, 0) is 37.0 Å². The quantitative estimate of drug-likeness (QED) is 0.487. The van der Waals surface area contributed by atoms with Crippen molar-refractivity contribution >= 4 is 45.1 Å². The number of carbonyl (C=O) groups excluding carboxylic acids is 2. The number of benzene rings is 1. The number of carbonyl (C=O) groups is 2. The normalized spacial score (nSPS) is 14.9. The number of nitrogens with zero attached hydrogens (tertiary/aromatic N) is 1. The molecule has 0 N–H and O–H groups in total. The third-order valence-corrected chi connectivity index (χ3v) is 6.76. The average Bonchev–Trinajstić information content (AvgIpc) is 3.26. The molecule has 1 saturated carbocycles. The van der Waals surface area contributed by atoms with E-state index >= 15 is 0 Å². The lowest BCUT2D eigenvalue weighted by Gasteiger charge is -2.23. The van der Waals surface area contributed by atoms with Crippen LogP contribution in [0.2, 0.25) is 5.02 Å². The van der Waals surface area contributed by atoms with Gasteiger partial charge < -0.3 is 9.57 Å². The Bertz CT molecular complexity index is 1060. The molecule has 3 aromatic rings. The van der Waals surface area contributed by atoms with E-state index in [0.29, 0.717) is 15.8 Å². The van der Waals surface area contributed by atoms with Gasteiger partial charge in [-0.2, -0.15) is 4.73 Å². The number of rotatable bonds is 4. The summed E-state index contributed by atoms with van der Waals surface area (Å²) in [7, 11) is 1.37. The zero-order chi connectivity index (χ0) is 20.5. The lowest BCUT2D eigenvalue weighted by Crippen LogP contribution is -2.18. The van der Waals surface area contributed by atoms with Crippen LogP contribution < -0.4 is 4.84 Å². The number of fused-ring (bicyclic) bond motifs is 1. The molecule has 0 bridgehead atoms.